The van der Waals surface area contributed by atoms with Crippen molar-refractivity contribution in [2.75, 3.05) is 20.8 Å². The van der Waals surface area contributed by atoms with Crippen molar-refractivity contribution < 1.29 is 18.8 Å². The van der Waals surface area contributed by atoms with Gasteiger partial charge in [0, 0.05) is 13.0 Å². The van der Waals surface area contributed by atoms with Crippen molar-refractivity contribution in [3.63, 3.8) is 0 Å². The molecule has 8 heteroatoms. The van der Waals surface area contributed by atoms with Gasteiger partial charge in [0.2, 0.25) is 5.89 Å². The van der Waals surface area contributed by atoms with Crippen molar-refractivity contribution >= 4 is 6.03 Å². The molecule has 0 bridgehead atoms. The number of carbonyl (C=O) groups is 1. The molecular formula is C28H28N4O4. The molecule has 0 fully saturated rings. The number of hydrogen-bond donors (Lipinski definition) is 1. The highest BCUT2D eigenvalue weighted by atomic mass is 16.5. The van der Waals surface area contributed by atoms with Crippen molar-refractivity contribution in [3.8, 4) is 11.5 Å². The van der Waals surface area contributed by atoms with Crippen LogP contribution in [0, 0.1) is 0 Å². The van der Waals surface area contributed by atoms with Crippen molar-refractivity contribution in [2.45, 2.75) is 25.4 Å². The zero-order valence-electron chi connectivity index (χ0n) is 20.3. The molecule has 0 unspecified atom stereocenters. The van der Waals surface area contributed by atoms with Crippen LogP contribution in [0.3, 0.4) is 0 Å². The van der Waals surface area contributed by atoms with E-state index in [1.165, 1.54) is 0 Å². The van der Waals surface area contributed by atoms with E-state index in [2.05, 4.69) is 15.5 Å². The average Bonchev–Trinajstić information content (AvgIpc) is 3.38. The van der Waals surface area contributed by atoms with Crippen molar-refractivity contribution in [1.82, 2.24) is 20.4 Å². The second kappa shape index (κ2) is 10.5. The number of hydrogen-bond acceptors (Lipinski definition) is 6. The molecule has 8 nitrogen and oxygen atoms in total. The molecule has 184 valence electrons. The van der Waals surface area contributed by atoms with Gasteiger partial charge in [0.25, 0.3) is 0 Å². The lowest BCUT2D eigenvalue weighted by Gasteiger charge is -2.38. The van der Waals surface area contributed by atoms with Crippen LogP contribution >= 0.6 is 0 Å². The lowest BCUT2D eigenvalue weighted by atomic mass is 9.88. The summed E-state index contributed by atoms with van der Waals surface area (Å²) in [5, 5.41) is 7.02. The summed E-state index contributed by atoms with van der Waals surface area (Å²) < 4.78 is 16.4. The van der Waals surface area contributed by atoms with Crippen molar-refractivity contribution in [3.05, 3.63) is 107 Å². The van der Waals surface area contributed by atoms with Gasteiger partial charge in [0.05, 0.1) is 26.8 Å². The van der Waals surface area contributed by atoms with Gasteiger partial charge < -0.3 is 24.2 Å². The molecule has 36 heavy (non-hydrogen) atoms. The first-order valence-corrected chi connectivity index (χ1v) is 11.9. The fraction of sp³-hybridized carbons (Fsp3) is 0.250. The molecule has 4 aromatic rings. The molecule has 2 amide bonds. The first kappa shape index (κ1) is 23.4. The van der Waals surface area contributed by atoms with Crippen LogP contribution in [0.15, 0.2) is 77.3 Å². The van der Waals surface area contributed by atoms with E-state index in [0.717, 1.165) is 22.3 Å². The predicted molar refractivity (Wildman–Crippen MR) is 134 cm³/mol. The molecule has 1 aromatic heterocycles. The minimum Gasteiger partial charge on any atom is -0.493 e. The molecule has 3 aromatic carbocycles. The van der Waals surface area contributed by atoms with E-state index >= 15 is 0 Å². The molecule has 0 spiro atoms. The highest BCUT2D eigenvalue weighted by Crippen LogP contribution is 2.41. The van der Waals surface area contributed by atoms with Crippen LogP contribution in [0.25, 0.3) is 0 Å². The average molecular weight is 485 g/mol. The van der Waals surface area contributed by atoms with E-state index in [1.54, 1.807) is 14.2 Å². The number of nitrogens with zero attached hydrogens (tertiary/aromatic N) is 3. The molecule has 0 aliphatic carbocycles. The standard InChI is InChI=1S/C28H28N4O4/c1-34-23-16-21-13-14-32(27(20-11-7-4-8-12-20)22(21)17-24(23)35-2)28(33)29-18-26-30-25(31-36-26)15-19-9-5-3-6-10-19/h3-12,16-17,27H,13-15,18H2,1-2H3,(H,29,33)/t27-/m1/s1. The molecule has 2 heterocycles. The first-order valence-electron chi connectivity index (χ1n) is 11.9. The Morgan fingerprint density at radius 3 is 2.44 bits per heavy atom. The maximum Gasteiger partial charge on any atom is 0.318 e. The van der Waals surface area contributed by atoms with E-state index in [9.17, 15) is 4.79 Å². The topological polar surface area (TPSA) is 89.7 Å². The zero-order chi connectivity index (χ0) is 24.9. The minimum atomic E-state index is -0.272. The Labute approximate surface area is 209 Å². The number of amides is 2. The van der Waals surface area contributed by atoms with Gasteiger partial charge in [-0.3, -0.25) is 0 Å². The third-order valence-electron chi connectivity index (χ3n) is 6.36. The Kier molecular flexibility index (Phi) is 6.84. The fourth-order valence-corrected chi connectivity index (χ4v) is 4.62. The van der Waals surface area contributed by atoms with Crippen LogP contribution in [0.4, 0.5) is 4.79 Å². The maximum absolute atomic E-state index is 13.4. The normalized spacial score (nSPS) is 14.7. The number of nitrogens with one attached hydrogen (secondary N) is 1. The van der Waals surface area contributed by atoms with Crippen LogP contribution in [-0.2, 0) is 19.4 Å². The van der Waals surface area contributed by atoms with Gasteiger partial charge in [-0.2, -0.15) is 4.98 Å². The minimum absolute atomic E-state index is 0.150. The summed E-state index contributed by atoms with van der Waals surface area (Å²) in [6.45, 7) is 0.703. The highest BCUT2D eigenvalue weighted by molar-refractivity contribution is 5.76. The second-order valence-electron chi connectivity index (χ2n) is 8.59. The summed E-state index contributed by atoms with van der Waals surface area (Å²) in [5.74, 6) is 2.27. The lowest BCUT2D eigenvalue weighted by molar-refractivity contribution is 0.178. The maximum atomic E-state index is 13.4. The number of rotatable bonds is 7. The summed E-state index contributed by atoms with van der Waals surface area (Å²) >= 11 is 0. The molecule has 1 N–H and O–H groups in total. The quantitative estimate of drug-likeness (QED) is 0.414. The number of ether oxygens (including phenoxy) is 2. The molecule has 5 rings (SSSR count). The SMILES string of the molecule is COc1cc2c(cc1OC)[C@@H](c1ccccc1)N(C(=O)NCc1nc(Cc3ccccc3)no1)CC2. The summed E-state index contributed by atoms with van der Waals surface area (Å²) in [6, 6.07) is 23.4. The van der Waals surface area contributed by atoms with E-state index in [1.807, 2.05) is 77.7 Å². The smallest absolute Gasteiger partial charge is 0.318 e. The highest BCUT2D eigenvalue weighted by Gasteiger charge is 2.33. The number of benzene rings is 3. The Morgan fingerprint density at radius 2 is 1.72 bits per heavy atom. The largest absolute Gasteiger partial charge is 0.493 e. The lowest BCUT2D eigenvalue weighted by Crippen LogP contribution is -2.45. The Hall–Kier alpha value is -4.33. The number of aromatic nitrogens is 2. The summed E-state index contributed by atoms with van der Waals surface area (Å²) in [7, 11) is 3.25. The monoisotopic (exact) mass is 484 g/mol. The van der Waals surface area contributed by atoms with E-state index in [4.69, 9.17) is 14.0 Å². The Bertz CT molecular complexity index is 1320. The Morgan fingerprint density at radius 1 is 1.03 bits per heavy atom. The van der Waals surface area contributed by atoms with Crippen molar-refractivity contribution in [1.29, 1.82) is 0 Å². The number of methoxy groups -OCH3 is 2. The molecule has 1 aliphatic rings. The molecule has 1 aliphatic heterocycles. The number of carbonyl (C=O) groups excluding carboxylic acids is 1. The first-order chi connectivity index (χ1) is 17.7. The van der Waals surface area contributed by atoms with E-state index < -0.39 is 0 Å². The van der Waals surface area contributed by atoms with Crippen LogP contribution in [0.5, 0.6) is 11.5 Å². The summed E-state index contributed by atoms with van der Waals surface area (Å²) in [6.07, 6.45) is 1.27. The van der Waals surface area contributed by atoms with Crippen LogP contribution in [-0.4, -0.2) is 41.8 Å². The third kappa shape index (κ3) is 4.88. The third-order valence-corrected chi connectivity index (χ3v) is 6.36. The zero-order valence-corrected chi connectivity index (χ0v) is 20.3. The van der Waals surface area contributed by atoms with Gasteiger partial charge in [0.1, 0.15) is 0 Å². The van der Waals surface area contributed by atoms with Gasteiger partial charge in [-0.15, -0.1) is 0 Å². The van der Waals surface area contributed by atoms with E-state index in [0.29, 0.717) is 42.6 Å². The number of urea groups is 1. The second-order valence-corrected chi connectivity index (χ2v) is 8.59. The summed E-state index contributed by atoms with van der Waals surface area (Å²) in [4.78, 5) is 19.7. The van der Waals surface area contributed by atoms with Gasteiger partial charge in [0.15, 0.2) is 17.3 Å². The molecule has 1 atom stereocenters. The number of fused-ring (bicyclic) bond motifs is 1. The molecule has 0 radical (unpaired) electrons. The summed E-state index contributed by atoms with van der Waals surface area (Å²) in [5.41, 5.74) is 4.26. The van der Waals surface area contributed by atoms with Crippen molar-refractivity contribution in [2.24, 2.45) is 0 Å². The molecular weight excluding hydrogens is 456 g/mol. The molecule has 0 saturated carbocycles. The van der Waals surface area contributed by atoms with Crippen LogP contribution < -0.4 is 14.8 Å². The van der Waals surface area contributed by atoms with Gasteiger partial charge in [-0.1, -0.05) is 65.8 Å². The Balaban J connectivity index is 1.35. The molecule has 0 saturated heterocycles. The van der Waals surface area contributed by atoms with Crippen LogP contribution in [0.2, 0.25) is 0 Å². The van der Waals surface area contributed by atoms with Crippen LogP contribution in [0.1, 0.15) is 40.0 Å². The fourth-order valence-electron chi connectivity index (χ4n) is 4.62. The van der Waals surface area contributed by atoms with Gasteiger partial charge in [-0.05, 0) is 40.8 Å². The predicted octanol–water partition coefficient (Wildman–Crippen LogP) is 4.53. The van der Waals surface area contributed by atoms with Gasteiger partial charge in [-0.25, -0.2) is 4.79 Å². The van der Waals surface area contributed by atoms with E-state index in [-0.39, 0.29) is 18.6 Å². The van der Waals surface area contributed by atoms with Gasteiger partial charge >= 0.3 is 6.03 Å².